The third kappa shape index (κ3) is 3.70. The van der Waals surface area contributed by atoms with Gasteiger partial charge in [-0.25, -0.2) is 14.5 Å². The number of hydrogen-bond acceptors (Lipinski definition) is 4. The molecule has 1 aliphatic rings. The highest BCUT2D eigenvalue weighted by Crippen LogP contribution is 2.42. The molecule has 7 heteroatoms. The number of pyridine rings is 1. The third-order valence-electron chi connectivity index (χ3n) is 5.68. The Balaban J connectivity index is 1.42. The fourth-order valence-corrected chi connectivity index (χ4v) is 3.84. The second-order valence-corrected chi connectivity index (χ2v) is 8.05. The summed E-state index contributed by atoms with van der Waals surface area (Å²) >= 11 is 0. The average molecular weight is 412 g/mol. The second kappa shape index (κ2) is 7.43. The summed E-state index contributed by atoms with van der Waals surface area (Å²) in [5, 5.41) is 11.0. The van der Waals surface area contributed by atoms with Gasteiger partial charge in [-0.15, -0.1) is 0 Å². The third-order valence-corrected chi connectivity index (χ3v) is 5.68. The molecule has 156 valence electrons. The summed E-state index contributed by atoms with van der Waals surface area (Å²) in [6, 6.07) is 17.3. The Kier molecular flexibility index (Phi) is 4.58. The minimum absolute atomic E-state index is 0.277. The number of nitrogens with two attached hydrogens (primary N) is 1. The van der Waals surface area contributed by atoms with Crippen LogP contribution < -0.4 is 16.4 Å². The van der Waals surface area contributed by atoms with Gasteiger partial charge in [-0.1, -0.05) is 30.3 Å². The number of para-hydroxylation sites is 1. The zero-order valence-corrected chi connectivity index (χ0v) is 17.5. The van der Waals surface area contributed by atoms with E-state index in [4.69, 9.17) is 10.7 Å². The summed E-state index contributed by atoms with van der Waals surface area (Å²) in [4.78, 5) is 17.2. The molecular weight excluding hydrogens is 388 g/mol. The van der Waals surface area contributed by atoms with Gasteiger partial charge in [-0.3, -0.25) is 0 Å². The molecule has 5 rings (SSSR count). The molecule has 4 aromatic rings. The molecule has 2 amide bonds. The van der Waals surface area contributed by atoms with E-state index in [1.807, 2.05) is 62.5 Å². The number of aromatic nitrogens is 3. The number of urea groups is 1. The van der Waals surface area contributed by atoms with Crippen molar-refractivity contribution in [3.8, 4) is 11.1 Å². The van der Waals surface area contributed by atoms with Crippen molar-refractivity contribution in [2.45, 2.75) is 25.7 Å². The number of anilines is 3. The number of benzene rings is 2. The van der Waals surface area contributed by atoms with Gasteiger partial charge < -0.3 is 16.4 Å². The van der Waals surface area contributed by atoms with Crippen LogP contribution in [0.2, 0.25) is 0 Å². The summed E-state index contributed by atoms with van der Waals surface area (Å²) in [6.07, 6.45) is 2.34. The van der Waals surface area contributed by atoms with E-state index in [2.05, 4.69) is 21.8 Å². The van der Waals surface area contributed by atoms with E-state index in [1.54, 1.807) is 4.68 Å². The van der Waals surface area contributed by atoms with Crippen LogP contribution in [-0.4, -0.2) is 20.8 Å². The first-order valence-corrected chi connectivity index (χ1v) is 10.4. The van der Waals surface area contributed by atoms with Gasteiger partial charge >= 0.3 is 6.03 Å². The van der Waals surface area contributed by atoms with E-state index in [0.29, 0.717) is 17.4 Å². The second-order valence-electron chi connectivity index (χ2n) is 8.05. The molecule has 0 unspecified atom stereocenters. The van der Waals surface area contributed by atoms with Gasteiger partial charge in [0.1, 0.15) is 0 Å². The number of carbonyl (C=O) groups excluding carboxylic acids is 1. The number of nitrogens with one attached hydrogen (secondary N) is 2. The van der Waals surface area contributed by atoms with Crippen molar-refractivity contribution in [3.05, 3.63) is 65.9 Å². The van der Waals surface area contributed by atoms with E-state index in [1.165, 1.54) is 12.8 Å². The number of nitrogens with zero attached hydrogens (tertiary/aromatic N) is 3. The van der Waals surface area contributed by atoms with Gasteiger partial charge in [-0.2, -0.15) is 5.10 Å². The monoisotopic (exact) mass is 412 g/mol. The Labute approximate surface area is 180 Å². The fraction of sp³-hybridized carbons (Fsp3) is 0.208. The van der Waals surface area contributed by atoms with Crippen LogP contribution in [0, 0.1) is 6.92 Å². The molecule has 1 saturated carbocycles. The molecule has 0 aliphatic heterocycles. The Morgan fingerprint density at radius 3 is 2.55 bits per heavy atom. The highest BCUT2D eigenvalue weighted by molar-refractivity contribution is 6.02. The smallest absolute Gasteiger partial charge is 0.323 e. The summed E-state index contributed by atoms with van der Waals surface area (Å²) in [6.45, 7) is 1.96. The zero-order chi connectivity index (χ0) is 21.5. The van der Waals surface area contributed by atoms with Crippen LogP contribution >= 0.6 is 0 Å². The molecule has 7 nitrogen and oxygen atoms in total. The molecule has 4 N–H and O–H groups in total. The van der Waals surface area contributed by atoms with Crippen molar-refractivity contribution in [3.63, 3.8) is 0 Å². The Morgan fingerprint density at radius 1 is 1.10 bits per heavy atom. The minimum Gasteiger partial charge on any atom is -0.382 e. The van der Waals surface area contributed by atoms with Gasteiger partial charge in [-0.05, 0) is 60.7 Å². The number of amides is 2. The maximum atomic E-state index is 12.4. The van der Waals surface area contributed by atoms with E-state index in [0.717, 1.165) is 39.1 Å². The molecule has 0 saturated heterocycles. The fourth-order valence-electron chi connectivity index (χ4n) is 3.84. The highest BCUT2D eigenvalue weighted by Gasteiger charge is 2.27. The molecule has 31 heavy (non-hydrogen) atoms. The molecule has 0 spiro atoms. The summed E-state index contributed by atoms with van der Waals surface area (Å²) in [5.41, 5.74) is 12.6. The van der Waals surface area contributed by atoms with Crippen molar-refractivity contribution in [1.29, 1.82) is 0 Å². The van der Waals surface area contributed by atoms with E-state index in [9.17, 15) is 4.79 Å². The molecular formula is C24H24N6O. The molecule has 2 aromatic carbocycles. The van der Waals surface area contributed by atoms with Crippen LogP contribution in [0.3, 0.4) is 0 Å². The number of hydrogen-bond donors (Lipinski definition) is 3. The van der Waals surface area contributed by atoms with Gasteiger partial charge in [0.2, 0.25) is 0 Å². The van der Waals surface area contributed by atoms with Crippen LogP contribution in [0.1, 0.15) is 30.0 Å². The Bertz CT molecular complexity index is 1290. The molecule has 1 fully saturated rings. The Morgan fingerprint density at radius 2 is 1.84 bits per heavy atom. The standard InChI is InChI=1S/C24H24N6O/c1-14-5-3-4-6-19(14)28-24(31)26-17-11-9-15(10-12-17)18-13-20(16-7-8-16)27-23-21(18)22(25)29-30(23)2/h3-6,9-13,16H,7-8H2,1-2H3,(H2,25,29)(H2,26,28,31). The molecule has 0 bridgehead atoms. The first kappa shape index (κ1) is 19.1. The number of carbonyl (C=O) groups is 1. The number of rotatable bonds is 4. The summed E-state index contributed by atoms with van der Waals surface area (Å²) < 4.78 is 1.74. The number of fused-ring (bicyclic) bond motifs is 1. The van der Waals surface area contributed by atoms with Gasteiger partial charge in [0.05, 0.1) is 5.39 Å². The summed E-state index contributed by atoms with van der Waals surface area (Å²) in [5.74, 6) is 0.993. The topological polar surface area (TPSA) is 97.9 Å². The lowest BCUT2D eigenvalue weighted by Gasteiger charge is -2.11. The van der Waals surface area contributed by atoms with Crippen LogP contribution in [0.5, 0.6) is 0 Å². The van der Waals surface area contributed by atoms with Crippen molar-refractivity contribution in [2.24, 2.45) is 7.05 Å². The molecule has 2 aromatic heterocycles. The SMILES string of the molecule is Cc1ccccc1NC(=O)Nc1ccc(-c2cc(C3CC3)nc3c2c(N)nn3C)cc1. The molecule has 0 atom stereocenters. The van der Waals surface area contributed by atoms with Crippen molar-refractivity contribution < 1.29 is 4.79 Å². The minimum atomic E-state index is -0.277. The van der Waals surface area contributed by atoms with Gasteiger partial charge in [0, 0.05) is 30.0 Å². The van der Waals surface area contributed by atoms with Crippen molar-refractivity contribution in [1.82, 2.24) is 14.8 Å². The predicted molar refractivity (Wildman–Crippen MR) is 124 cm³/mol. The van der Waals surface area contributed by atoms with Crippen LogP contribution in [-0.2, 0) is 7.05 Å². The van der Waals surface area contributed by atoms with Crippen LogP contribution in [0.4, 0.5) is 22.0 Å². The predicted octanol–water partition coefficient (Wildman–Crippen LogP) is 5.05. The molecule has 2 heterocycles. The van der Waals surface area contributed by atoms with Crippen LogP contribution in [0.15, 0.2) is 54.6 Å². The van der Waals surface area contributed by atoms with E-state index >= 15 is 0 Å². The molecule has 0 radical (unpaired) electrons. The quantitative estimate of drug-likeness (QED) is 0.437. The average Bonchev–Trinajstić information content (AvgIpc) is 3.56. The van der Waals surface area contributed by atoms with Crippen LogP contribution in [0.25, 0.3) is 22.2 Å². The first-order valence-electron chi connectivity index (χ1n) is 10.4. The maximum Gasteiger partial charge on any atom is 0.323 e. The number of aryl methyl sites for hydroxylation is 2. The zero-order valence-electron chi connectivity index (χ0n) is 17.5. The lowest BCUT2D eigenvalue weighted by molar-refractivity contribution is 0.262. The van der Waals surface area contributed by atoms with E-state index in [-0.39, 0.29) is 6.03 Å². The Hall–Kier alpha value is -3.87. The largest absolute Gasteiger partial charge is 0.382 e. The van der Waals surface area contributed by atoms with E-state index < -0.39 is 0 Å². The first-order chi connectivity index (χ1) is 15.0. The van der Waals surface area contributed by atoms with Gasteiger partial charge in [0.15, 0.2) is 11.5 Å². The lowest BCUT2D eigenvalue weighted by Crippen LogP contribution is -2.19. The maximum absolute atomic E-state index is 12.4. The van der Waals surface area contributed by atoms with Gasteiger partial charge in [0.25, 0.3) is 0 Å². The summed E-state index contributed by atoms with van der Waals surface area (Å²) in [7, 11) is 1.87. The highest BCUT2D eigenvalue weighted by atomic mass is 16.2. The lowest BCUT2D eigenvalue weighted by atomic mass is 10.0. The van der Waals surface area contributed by atoms with Crippen molar-refractivity contribution in [2.75, 3.05) is 16.4 Å². The molecule has 1 aliphatic carbocycles. The number of nitrogen functional groups attached to an aromatic ring is 1. The van der Waals surface area contributed by atoms with Crippen molar-refractivity contribution >= 4 is 34.3 Å². The normalized spacial score (nSPS) is 13.4.